The molecular weight excluding hydrogens is 320 g/mol. The summed E-state index contributed by atoms with van der Waals surface area (Å²) in [6.07, 6.45) is 0. The quantitative estimate of drug-likeness (QED) is 0.769. The fourth-order valence-electron chi connectivity index (χ4n) is 1.87. The van der Waals surface area contributed by atoms with Crippen molar-refractivity contribution in [2.45, 2.75) is 52.8 Å². The third kappa shape index (κ3) is 6.39. The third-order valence-corrected chi connectivity index (χ3v) is 2.99. The maximum Gasteiger partial charge on any atom is 0.387 e. The van der Waals surface area contributed by atoms with Gasteiger partial charge in [0.2, 0.25) is 5.91 Å². The van der Waals surface area contributed by atoms with Gasteiger partial charge in [0, 0.05) is 16.8 Å². The fraction of sp³-hybridized carbons (Fsp3) is 0.500. The first-order chi connectivity index (χ1) is 11.0. The second kappa shape index (κ2) is 7.94. The zero-order valence-corrected chi connectivity index (χ0v) is 14.4. The molecule has 0 aliphatic rings. The van der Waals surface area contributed by atoms with Gasteiger partial charge in [0.1, 0.15) is 11.8 Å². The molecule has 0 aliphatic carbocycles. The van der Waals surface area contributed by atoms with Gasteiger partial charge in [-0.2, -0.15) is 8.78 Å². The lowest BCUT2D eigenvalue weighted by atomic mass is 10.1. The molecule has 0 saturated carbocycles. The highest BCUT2D eigenvalue weighted by atomic mass is 19.3. The van der Waals surface area contributed by atoms with E-state index < -0.39 is 24.2 Å². The van der Waals surface area contributed by atoms with Crippen LogP contribution in [0.4, 0.5) is 19.3 Å². The summed E-state index contributed by atoms with van der Waals surface area (Å²) in [6.45, 7) is 5.63. The number of alkyl halides is 2. The van der Waals surface area contributed by atoms with E-state index >= 15 is 0 Å². The van der Waals surface area contributed by atoms with Crippen LogP contribution in [0.3, 0.4) is 0 Å². The number of anilines is 1. The van der Waals surface area contributed by atoms with E-state index in [0.29, 0.717) is 11.3 Å². The third-order valence-electron chi connectivity index (χ3n) is 2.99. The standard InChI is InChI=1S/C16H23F2N3O3/c1-9-11(7-6-8-12(9)24-14(17)18)20-15(23)19-10(2)13(22)21-16(3,4)5/h6-8,10,14H,1-5H3,(H,21,22)(H2,19,20,23)/t10-/m0/s1. The second-order valence-corrected chi connectivity index (χ2v) is 6.37. The number of hydrogen-bond acceptors (Lipinski definition) is 3. The van der Waals surface area contributed by atoms with Gasteiger partial charge < -0.3 is 20.7 Å². The predicted octanol–water partition coefficient (Wildman–Crippen LogP) is 3.02. The molecule has 3 amide bonds. The van der Waals surface area contributed by atoms with Gasteiger partial charge in [-0.05, 0) is 46.8 Å². The maximum absolute atomic E-state index is 12.3. The molecule has 1 aromatic rings. The van der Waals surface area contributed by atoms with Crippen molar-refractivity contribution < 1.29 is 23.1 Å². The Morgan fingerprint density at radius 3 is 2.38 bits per heavy atom. The summed E-state index contributed by atoms with van der Waals surface area (Å²) >= 11 is 0. The molecule has 0 radical (unpaired) electrons. The Hall–Kier alpha value is -2.38. The van der Waals surface area contributed by atoms with Gasteiger partial charge in [0.15, 0.2) is 0 Å². The molecular formula is C16H23F2N3O3. The van der Waals surface area contributed by atoms with Gasteiger partial charge in [0.05, 0.1) is 0 Å². The summed E-state index contributed by atoms with van der Waals surface area (Å²) in [5.41, 5.74) is 0.259. The van der Waals surface area contributed by atoms with E-state index in [1.165, 1.54) is 12.1 Å². The van der Waals surface area contributed by atoms with E-state index in [0.717, 1.165) is 0 Å². The summed E-state index contributed by atoms with van der Waals surface area (Å²) in [6, 6.07) is 3.03. The van der Waals surface area contributed by atoms with Gasteiger partial charge in [-0.3, -0.25) is 4.79 Å². The van der Waals surface area contributed by atoms with Crippen molar-refractivity contribution in [2.24, 2.45) is 0 Å². The lowest BCUT2D eigenvalue weighted by Gasteiger charge is -2.23. The highest BCUT2D eigenvalue weighted by Gasteiger charge is 2.21. The number of amides is 3. The van der Waals surface area contributed by atoms with Crippen molar-refractivity contribution in [3.05, 3.63) is 23.8 Å². The minimum atomic E-state index is -2.95. The van der Waals surface area contributed by atoms with Crippen LogP contribution < -0.4 is 20.7 Å². The molecule has 6 nitrogen and oxygen atoms in total. The van der Waals surface area contributed by atoms with Gasteiger partial charge in [-0.25, -0.2) is 4.79 Å². The first-order valence-corrected chi connectivity index (χ1v) is 7.43. The molecule has 0 spiro atoms. The average Bonchev–Trinajstić information content (AvgIpc) is 2.40. The Bertz CT molecular complexity index is 601. The van der Waals surface area contributed by atoms with Crippen LogP contribution in [0.1, 0.15) is 33.3 Å². The van der Waals surface area contributed by atoms with E-state index in [9.17, 15) is 18.4 Å². The Morgan fingerprint density at radius 2 is 1.83 bits per heavy atom. The van der Waals surface area contributed by atoms with Crippen LogP contribution >= 0.6 is 0 Å². The molecule has 3 N–H and O–H groups in total. The van der Waals surface area contributed by atoms with Crippen LogP contribution in [0.15, 0.2) is 18.2 Å². The Labute approximate surface area is 139 Å². The predicted molar refractivity (Wildman–Crippen MR) is 87.3 cm³/mol. The summed E-state index contributed by atoms with van der Waals surface area (Å²) in [4.78, 5) is 23.9. The first-order valence-electron chi connectivity index (χ1n) is 7.43. The summed E-state index contributed by atoms with van der Waals surface area (Å²) in [7, 11) is 0. The minimum absolute atomic E-state index is 0.0266. The number of halogens is 2. The topological polar surface area (TPSA) is 79.5 Å². The summed E-state index contributed by atoms with van der Waals surface area (Å²) in [5.74, 6) is -0.356. The number of hydrogen-bond donors (Lipinski definition) is 3. The molecule has 134 valence electrons. The lowest BCUT2D eigenvalue weighted by Crippen LogP contribution is -2.51. The molecule has 1 aromatic carbocycles. The number of benzene rings is 1. The van der Waals surface area contributed by atoms with Crippen molar-refractivity contribution >= 4 is 17.6 Å². The summed E-state index contributed by atoms with van der Waals surface area (Å²) < 4.78 is 29.0. The Balaban J connectivity index is 2.70. The zero-order chi connectivity index (χ0) is 18.5. The van der Waals surface area contributed by atoms with Crippen molar-refractivity contribution in [3.63, 3.8) is 0 Å². The Morgan fingerprint density at radius 1 is 1.21 bits per heavy atom. The van der Waals surface area contributed by atoms with Crippen LogP contribution in [0, 0.1) is 6.92 Å². The van der Waals surface area contributed by atoms with Gasteiger partial charge in [-0.1, -0.05) is 6.07 Å². The molecule has 0 aromatic heterocycles. The monoisotopic (exact) mass is 343 g/mol. The number of ether oxygens (including phenoxy) is 1. The Kier molecular flexibility index (Phi) is 6.51. The van der Waals surface area contributed by atoms with Crippen molar-refractivity contribution in [2.75, 3.05) is 5.32 Å². The van der Waals surface area contributed by atoms with Gasteiger partial charge in [0.25, 0.3) is 0 Å². The maximum atomic E-state index is 12.3. The fourth-order valence-corrected chi connectivity index (χ4v) is 1.87. The van der Waals surface area contributed by atoms with E-state index in [-0.39, 0.29) is 11.7 Å². The molecule has 0 bridgehead atoms. The molecule has 0 unspecified atom stereocenters. The van der Waals surface area contributed by atoms with E-state index in [1.807, 2.05) is 20.8 Å². The normalized spacial score (nSPS) is 12.5. The number of nitrogens with one attached hydrogen (secondary N) is 3. The highest BCUT2D eigenvalue weighted by Crippen LogP contribution is 2.26. The second-order valence-electron chi connectivity index (χ2n) is 6.37. The molecule has 0 aliphatic heterocycles. The van der Waals surface area contributed by atoms with E-state index in [1.54, 1.807) is 19.9 Å². The van der Waals surface area contributed by atoms with Crippen LogP contribution in [-0.4, -0.2) is 30.1 Å². The molecule has 8 heteroatoms. The molecule has 1 rings (SSSR count). The van der Waals surface area contributed by atoms with Crippen LogP contribution in [0.2, 0.25) is 0 Å². The highest BCUT2D eigenvalue weighted by molar-refractivity contribution is 5.94. The minimum Gasteiger partial charge on any atom is -0.434 e. The van der Waals surface area contributed by atoms with Crippen molar-refractivity contribution in [3.8, 4) is 5.75 Å². The molecule has 0 heterocycles. The SMILES string of the molecule is Cc1c(NC(=O)N[C@@H](C)C(=O)NC(C)(C)C)cccc1OC(F)F. The number of urea groups is 1. The molecule has 0 saturated heterocycles. The van der Waals surface area contributed by atoms with Gasteiger partial charge >= 0.3 is 12.6 Å². The van der Waals surface area contributed by atoms with Crippen molar-refractivity contribution in [1.82, 2.24) is 10.6 Å². The number of carbonyl (C=O) groups is 2. The lowest BCUT2D eigenvalue weighted by molar-refractivity contribution is -0.123. The summed E-state index contributed by atoms with van der Waals surface area (Å²) in [5, 5.41) is 7.75. The average molecular weight is 343 g/mol. The molecule has 24 heavy (non-hydrogen) atoms. The van der Waals surface area contributed by atoms with E-state index in [2.05, 4.69) is 20.7 Å². The van der Waals surface area contributed by atoms with Crippen LogP contribution in [-0.2, 0) is 4.79 Å². The first kappa shape index (κ1) is 19.7. The zero-order valence-electron chi connectivity index (χ0n) is 14.4. The molecule has 0 fully saturated rings. The number of carbonyl (C=O) groups excluding carboxylic acids is 2. The largest absolute Gasteiger partial charge is 0.434 e. The van der Waals surface area contributed by atoms with E-state index in [4.69, 9.17) is 0 Å². The van der Waals surface area contributed by atoms with Crippen LogP contribution in [0.25, 0.3) is 0 Å². The van der Waals surface area contributed by atoms with Crippen LogP contribution in [0.5, 0.6) is 5.75 Å². The smallest absolute Gasteiger partial charge is 0.387 e. The van der Waals surface area contributed by atoms with Gasteiger partial charge in [-0.15, -0.1) is 0 Å². The molecule has 1 atom stereocenters. The number of rotatable bonds is 5. The van der Waals surface area contributed by atoms with Crippen molar-refractivity contribution in [1.29, 1.82) is 0 Å².